The summed E-state index contributed by atoms with van der Waals surface area (Å²) in [6, 6.07) is 16.2. The van der Waals surface area contributed by atoms with Gasteiger partial charge in [0.2, 0.25) is 0 Å². The molecule has 0 radical (unpaired) electrons. The molecule has 2 N–H and O–H groups in total. The van der Waals surface area contributed by atoms with Crippen molar-refractivity contribution in [3.8, 4) is 11.5 Å². The minimum Gasteiger partial charge on any atom is -0.496 e. The maximum Gasteiger partial charge on any atom is 0.308 e. The minimum absolute atomic E-state index is 0.0182. The average Bonchev–Trinajstić information content (AvgIpc) is 2.64. The summed E-state index contributed by atoms with van der Waals surface area (Å²) >= 11 is 0. The number of amides is 1. The van der Waals surface area contributed by atoms with Crippen molar-refractivity contribution < 1.29 is 24.2 Å². The highest BCUT2D eigenvalue weighted by Crippen LogP contribution is 2.21. The van der Waals surface area contributed by atoms with Gasteiger partial charge in [-0.3, -0.25) is 9.59 Å². The Morgan fingerprint density at radius 2 is 1.76 bits per heavy atom. The van der Waals surface area contributed by atoms with Crippen LogP contribution in [0.1, 0.15) is 5.56 Å². The van der Waals surface area contributed by atoms with Gasteiger partial charge in [-0.1, -0.05) is 36.4 Å². The minimum atomic E-state index is -0.977. The normalized spacial score (nSPS) is 11.4. The highest BCUT2D eigenvalue weighted by molar-refractivity contribution is 5.78. The number of carboxylic acid groups (broad SMARTS) is 1. The lowest BCUT2D eigenvalue weighted by atomic mass is 9.98. The Hall–Kier alpha value is -3.02. The Kier molecular flexibility index (Phi) is 6.83. The second-order valence-electron chi connectivity index (χ2n) is 5.46. The molecular formula is C19H21NO5. The zero-order chi connectivity index (χ0) is 18.1. The maximum absolute atomic E-state index is 11.9. The average molecular weight is 343 g/mol. The molecule has 0 aliphatic heterocycles. The number of para-hydroxylation sites is 2. The molecular weight excluding hydrogens is 322 g/mol. The van der Waals surface area contributed by atoms with Crippen molar-refractivity contribution in [1.82, 2.24) is 5.32 Å². The van der Waals surface area contributed by atoms with E-state index in [0.29, 0.717) is 11.5 Å². The predicted molar refractivity (Wildman–Crippen MR) is 92.8 cm³/mol. The standard InChI is InChI=1S/C19H21NO5/c1-24-17-10-6-5-7-14(17)11-15(19(22)23)12-20-18(21)13-25-16-8-3-2-4-9-16/h2-10,15H,11-13H2,1H3,(H,20,21)(H,22,23). The summed E-state index contributed by atoms with van der Waals surface area (Å²) in [5.41, 5.74) is 0.784. The van der Waals surface area contributed by atoms with E-state index in [-0.39, 0.29) is 25.5 Å². The van der Waals surface area contributed by atoms with Gasteiger partial charge in [0, 0.05) is 6.54 Å². The lowest BCUT2D eigenvalue weighted by Crippen LogP contribution is -2.36. The van der Waals surface area contributed by atoms with Crippen LogP contribution in [0.3, 0.4) is 0 Å². The van der Waals surface area contributed by atoms with Gasteiger partial charge in [-0.05, 0) is 30.2 Å². The van der Waals surface area contributed by atoms with E-state index < -0.39 is 11.9 Å². The van der Waals surface area contributed by atoms with Crippen LogP contribution < -0.4 is 14.8 Å². The number of rotatable bonds is 9. The number of ether oxygens (including phenoxy) is 2. The Bertz CT molecular complexity index is 702. The molecule has 0 spiro atoms. The van der Waals surface area contributed by atoms with Crippen molar-refractivity contribution in [1.29, 1.82) is 0 Å². The molecule has 132 valence electrons. The van der Waals surface area contributed by atoms with Gasteiger partial charge in [0.05, 0.1) is 13.0 Å². The van der Waals surface area contributed by atoms with Gasteiger partial charge < -0.3 is 19.9 Å². The van der Waals surface area contributed by atoms with Gasteiger partial charge in [-0.2, -0.15) is 0 Å². The van der Waals surface area contributed by atoms with Crippen LogP contribution in [0, 0.1) is 5.92 Å². The van der Waals surface area contributed by atoms with Crippen molar-refractivity contribution in [2.24, 2.45) is 5.92 Å². The third kappa shape index (κ3) is 5.84. The molecule has 1 unspecified atom stereocenters. The van der Waals surface area contributed by atoms with Gasteiger partial charge in [-0.25, -0.2) is 0 Å². The highest BCUT2D eigenvalue weighted by Gasteiger charge is 2.20. The third-order valence-corrected chi connectivity index (χ3v) is 3.67. The van der Waals surface area contributed by atoms with Gasteiger partial charge >= 0.3 is 5.97 Å². The molecule has 0 heterocycles. The first kappa shape index (κ1) is 18.3. The summed E-state index contributed by atoms with van der Waals surface area (Å²) < 4.78 is 10.6. The Balaban J connectivity index is 1.86. The van der Waals surface area contributed by atoms with Crippen molar-refractivity contribution in [2.75, 3.05) is 20.3 Å². The second kappa shape index (κ2) is 9.32. The molecule has 2 aromatic rings. The topological polar surface area (TPSA) is 84.9 Å². The predicted octanol–water partition coefficient (Wildman–Crippen LogP) is 2.13. The first-order valence-electron chi connectivity index (χ1n) is 7.89. The number of benzene rings is 2. The number of methoxy groups -OCH3 is 1. The van der Waals surface area contributed by atoms with Crippen LogP contribution in [0.25, 0.3) is 0 Å². The first-order valence-corrected chi connectivity index (χ1v) is 7.89. The molecule has 0 aliphatic rings. The number of hydrogen-bond donors (Lipinski definition) is 2. The molecule has 6 nitrogen and oxygen atoms in total. The molecule has 0 fully saturated rings. The van der Waals surface area contributed by atoms with E-state index in [1.165, 1.54) is 7.11 Å². The van der Waals surface area contributed by atoms with E-state index in [1.807, 2.05) is 24.3 Å². The molecule has 1 atom stereocenters. The van der Waals surface area contributed by atoms with Crippen LogP contribution in [0.4, 0.5) is 0 Å². The molecule has 2 rings (SSSR count). The molecule has 6 heteroatoms. The van der Waals surface area contributed by atoms with Crippen LogP contribution in [0.2, 0.25) is 0 Å². The fraction of sp³-hybridized carbons (Fsp3) is 0.263. The summed E-state index contributed by atoms with van der Waals surface area (Å²) in [7, 11) is 1.54. The van der Waals surface area contributed by atoms with E-state index in [9.17, 15) is 14.7 Å². The number of aliphatic carboxylic acids is 1. The van der Waals surface area contributed by atoms with Crippen LogP contribution in [-0.2, 0) is 16.0 Å². The third-order valence-electron chi connectivity index (χ3n) is 3.67. The van der Waals surface area contributed by atoms with E-state index >= 15 is 0 Å². The van der Waals surface area contributed by atoms with Gasteiger partial charge in [0.25, 0.3) is 5.91 Å². The summed E-state index contributed by atoms with van der Waals surface area (Å²) in [5.74, 6) is -0.878. The second-order valence-corrected chi connectivity index (χ2v) is 5.46. The molecule has 0 saturated carbocycles. The summed E-state index contributed by atoms with van der Waals surface area (Å²) in [4.78, 5) is 23.3. The molecule has 0 aliphatic carbocycles. The van der Waals surface area contributed by atoms with Crippen LogP contribution >= 0.6 is 0 Å². The van der Waals surface area contributed by atoms with Crippen molar-refractivity contribution in [3.05, 3.63) is 60.2 Å². The number of nitrogens with one attached hydrogen (secondary N) is 1. The highest BCUT2D eigenvalue weighted by atomic mass is 16.5. The quantitative estimate of drug-likeness (QED) is 0.729. The van der Waals surface area contributed by atoms with E-state index in [1.54, 1.807) is 30.3 Å². The van der Waals surface area contributed by atoms with Gasteiger partial charge in [0.1, 0.15) is 11.5 Å². The van der Waals surface area contributed by atoms with E-state index in [2.05, 4.69) is 5.32 Å². The monoisotopic (exact) mass is 343 g/mol. The fourth-order valence-corrected chi connectivity index (χ4v) is 2.34. The molecule has 0 saturated heterocycles. The Morgan fingerprint density at radius 3 is 2.44 bits per heavy atom. The van der Waals surface area contributed by atoms with Crippen molar-refractivity contribution in [2.45, 2.75) is 6.42 Å². The maximum atomic E-state index is 11.9. The van der Waals surface area contributed by atoms with Crippen molar-refractivity contribution >= 4 is 11.9 Å². The number of carbonyl (C=O) groups excluding carboxylic acids is 1. The number of carboxylic acids is 1. The zero-order valence-electron chi connectivity index (χ0n) is 14.0. The van der Waals surface area contributed by atoms with Gasteiger partial charge in [0.15, 0.2) is 6.61 Å². The van der Waals surface area contributed by atoms with Crippen LogP contribution in [0.5, 0.6) is 11.5 Å². The molecule has 0 bridgehead atoms. The largest absolute Gasteiger partial charge is 0.496 e. The summed E-state index contributed by atoms with van der Waals surface area (Å²) in [6.45, 7) is -0.143. The van der Waals surface area contributed by atoms with Crippen LogP contribution in [-0.4, -0.2) is 37.2 Å². The molecule has 25 heavy (non-hydrogen) atoms. The lowest BCUT2D eigenvalue weighted by molar-refractivity contribution is -0.141. The zero-order valence-corrected chi connectivity index (χ0v) is 14.0. The van der Waals surface area contributed by atoms with Gasteiger partial charge in [-0.15, -0.1) is 0 Å². The molecule has 2 aromatic carbocycles. The number of carbonyl (C=O) groups is 2. The Labute approximate surface area is 146 Å². The summed E-state index contributed by atoms with van der Waals surface area (Å²) in [6.07, 6.45) is 0.263. The number of hydrogen-bond acceptors (Lipinski definition) is 4. The van der Waals surface area contributed by atoms with Crippen molar-refractivity contribution in [3.63, 3.8) is 0 Å². The van der Waals surface area contributed by atoms with Crippen LogP contribution in [0.15, 0.2) is 54.6 Å². The molecule has 0 aromatic heterocycles. The molecule has 1 amide bonds. The Morgan fingerprint density at radius 1 is 1.08 bits per heavy atom. The smallest absolute Gasteiger partial charge is 0.308 e. The fourth-order valence-electron chi connectivity index (χ4n) is 2.34. The van der Waals surface area contributed by atoms with E-state index in [0.717, 1.165) is 5.56 Å². The lowest BCUT2D eigenvalue weighted by Gasteiger charge is -2.15. The summed E-state index contributed by atoms with van der Waals surface area (Å²) in [5, 5.41) is 12.0. The SMILES string of the molecule is COc1ccccc1CC(CNC(=O)COc1ccccc1)C(=O)O. The van der Waals surface area contributed by atoms with E-state index in [4.69, 9.17) is 9.47 Å². The first-order chi connectivity index (χ1) is 12.1.